The summed E-state index contributed by atoms with van der Waals surface area (Å²) in [4.78, 5) is 35.9. The van der Waals surface area contributed by atoms with Gasteiger partial charge in [-0.15, -0.1) is 0 Å². The molecule has 0 aliphatic rings. The van der Waals surface area contributed by atoms with E-state index in [0.29, 0.717) is 0 Å². The lowest BCUT2D eigenvalue weighted by Gasteiger charge is -2.19. The van der Waals surface area contributed by atoms with Crippen molar-refractivity contribution in [2.24, 2.45) is 0 Å². The lowest BCUT2D eigenvalue weighted by molar-refractivity contribution is -0.124. The molecule has 0 radical (unpaired) electrons. The van der Waals surface area contributed by atoms with Crippen LogP contribution in [0.15, 0.2) is 59.9 Å². The fraction of sp³-hybridized carbons (Fsp3) is 0.286. The molecular formula is C21H20F4N6O2. The van der Waals surface area contributed by atoms with Crippen LogP contribution in [0.3, 0.4) is 0 Å². The van der Waals surface area contributed by atoms with Crippen LogP contribution in [0.5, 0.6) is 0 Å². The molecule has 174 valence electrons. The third-order valence-electron chi connectivity index (χ3n) is 4.68. The van der Waals surface area contributed by atoms with Gasteiger partial charge in [-0.2, -0.15) is 17.6 Å². The maximum absolute atomic E-state index is 14.3. The van der Waals surface area contributed by atoms with E-state index in [1.165, 1.54) is 43.8 Å². The zero-order valence-electron chi connectivity index (χ0n) is 17.4. The van der Waals surface area contributed by atoms with Gasteiger partial charge in [0.25, 0.3) is 11.5 Å². The molecule has 33 heavy (non-hydrogen) atoms. The first-order chi connectivity index (χ1) is 15.6. The van der Waals surface area contributed by atoms with Gasteiger partial charge in [0, 0.05) is 36.0 Å². The molecule has 0 fully saturated rings. The Kier molecular flexibility index (Phi) is 7.04. The Hall–Kier alpha value is -3.83. The van der Waals surface area contributed by atoms with Gasteiger partial charge in [0.2, 0.25) is 5.91 Å². The molecule has 0 aliphatic carbocycles. The largest absolute Gasteiger partial charge is 0.359 e. The van der Waals surface area contributed by atoms with Crippen LogP contribution in [0.1, 0.15) is 17.0 Å². The molecule has 0 bridgehead atoms. The van der Waals surface area contributed by atoms with Crippen LogP contribution in [0, 0.1) is 6.92 Å². The molecule has 0 spiro atoms. The number of amides is 1. The number of alkyl halides is 4. The average Bonchev–Trinajstić information content (AvgIpc) is 2.81. The van der Waals surface area contributed by atoms with Gasteiger partial charge in [-0.1, -0.05) is 6.07 Å². The van der Waals surface area contributed by atoms with E-state index in [1.54, 1.807) is 0 Å². The first kappa shape index (κ1) is 23.8. The third-order valence-corrected chi connectivity index (χ3v) is 4.68. The van der Waals surface area contributed by atoms with E-state index in [9.17, 15) is 27.2 Å². The van der Waals surface area contributed by atoms with Gasteiger partial charge in [-0.3, -0.25) is 24.1 Å². The van der Waals surface area contributed by atoms with Crippen LogP contribution in [-0.4, -0.2) is 38.5 Å². The second-order valence-corrected chi connectivity index (χ2v) is 7.13. The van der Waals surface area contributed by atoms with Gasteiger partial charge in [-0.25, -0.2) is 4.98 Å². The van der Waals surface area contributed by atoms with Crippen molar-refractivity contribution in [2.75, 3.05) is 18.4 Å². The van der Waals surface area contributed by atoms with Crippen molar-refractivity contribution in [1.29, 1.82) is 0 Å². The zero-order chi connectivity index (χ0) is 24.1. The van der Waals surface area contributed by atoms with Crippen LogP contribution in [-0.2, 0) is 23.2 Å². The molecule has 0 aliphatic heterocycles. The Balaban J connectivity index is 1.67. The summed E-state index contributed by atoms with van der Waals surface area (Å²) in [6.45, 7) is -1.07. The van der Waals surface area contributed by atoms with Gasteiger partial charge in [0.05, 0.1) is 13.1 Å². The van der Waals surface area contributed by atoms with Crippen molar-refractivity contribution in [1.82, 2.24) is 24.8 Å². The minimum Gasteiger partial charge on any atom is -0.359 e. The monoisotopic (exact) mass is 464 g/mol. The van der Waals surface area contributed by atoms with Gasteiger partial charge >= 0.3 is 5.92 Å². The first-order valence-electron chi connectivity index (χ1n) is 9.75. The lowest BCUT2D eigenvalue weighted by atomic mass is 10.1. The summed E-state index contributed by atoms with van der Waals surface area (Å²) in [7, 11) is 0. The normalized spacial score (nSPS) is 11.8. The molecule has 0 saturated heterocycles. The first-order valence-corrected chi connectivity index (χ1v) is 9.75. The van der Waals surface area contributed by atoms with Crippen molar-refractivity contribution >= 4 is 11.7 Å². The second kappa shape index (κ2) is 9.76. The van der Waals surface area contributed by atoms with Crippen LogP contribution in [0.2, 0.25) is 0 Å². The predicted octanol–water partition coefficient (Wildman–Crippen LogP) is 2.45. The molecule has 2 N–H and O–H groups in total. The third kappa shape index (κ3) is 5.90. The Morgan fingerprint density at radius 3 is 2.39 bits per heavy atom. The van der Waals surface area contributed by atoms with Crippen LogP contribution in [0.25, 0.3) is 0 Å². The highest BCUT2D eigenvalue weighted by Gasteiger charge is 2.34. The summed E-state index contributed by atoms with van der Waals surface area (Å²) < 4.78 is 58.0. The van der Waals surface area contributed by atoms with E-state index < -0.39 is 54.5 Å². The fourth-order valence-corrected chi connectivity index (χ4v) is 2.86. The summed E-state index contributed by atoms with van der Waals surface area (Å²) in [5.41, 5.74) is -1.40. The predicted molar refractivity (Wildman–Crippen MR) is 111 cm³/mol. The number of rotatable bonds is 9. The highest BCUT2D eigenvalue weighted by molar-refractivity contribution is 5.76. The molecule has 3 rings (SSSR count). The molecule has 0 atom stereocenters. The average molecular weight is 464 g/mol. The summed E-state index contributed by atoms with van der Waals surface area (Å²) in [5, 5.41) is 4.36. The van der Waals surface area contributed by atoms with E-state index >= 15 is 0 Å². The summed E-state index contributed by atoms with van der Waals surface area (Å²) >= 11 is 0. The number of aromatic nitrogens is 4. The molecule has 8 nitrogen and oxygen atoms in total. The Morgan fingerprint density at radius 1 is 1.00 bits per heavy atom. The van der Waals surface area contributed by atoms with E-state index in [4.69, 9.17) is 0 Å². The van der Waals surface area contributed by atoms with Crippen LogP contribution < -0.4 is 16.2 Å². The second-order valence-electron chi connectivity index (χ2n) is 7.13. The number of aryl methyl sites for hydroxylation is 1. The smallest absolute Gasteiger partial charge is 0.306 e. The molecule has 0 saturated carbocycles. The van der Waals surface area contributed by atoms with Crippen molar-refractivity contribution < 1.29 is 22.4 Å². The van der Waals surface area contributed by atoms with Crippen molar-refractivity contribution in [3.63, 3.8) is 0 Å². The minimum absolute atomic E-state index is 0.248. The lowest BCUT2D eigenvalue weighted by Crippen LogP contribution is -2.40. The number of carbonyl (C=O) groups excluding carboxylic acids is 1. The number of halogens is 4. The molecule has 3 aromatic rings. The molecule has 1 amide bonds. The summed E-state index contributed by atoms with van der Waals surface area (Å²) in [6.07, 6.45) is 4.86. The molecular weight excluding hydrogens is 444 g/mol. The van der Waals surface area contributed by atoms with Crippen LogP contribution in [0.4, 0.5) is 23.4 Å². The Bertz CT molecular complexity index is 1160. The molecule has 3 aromatic heterocycles. The number of nitrogens with one attached hydrogen (secondary N) is 2. The van der Waals surface area contributed by atoms with Gasteiger partial charge in [0.15, 0.2) is 5.82 Å². The Morgan fingerprint density at radius 2 is 1.73 bits per heavy atom. The Labute approximate surface area is 185 Å². The van der Waals surface area contributed by atoms with Crippen molar-refractivity contribution in [3.8, 4) is 0 Å². The quantitative estimate of drug-likeness (QED) is 0.472. The van der Waals surface area contributed by atoms with Crippen molar-refractivity contribution in [3.05, 3.63) is 82.4 Å². The maximum Gasteiger partial charge on any atom is 0.306 e. The number of pyridine rings is 2. The van der Waals surface area contributed by atoms with Crippen LogP contribution >= 0.6 is 0 Å². The minimum atomic E-state index is -3.42. The highest BCUT2D eigenvalue weighted by atomic mass is 19.3. The SMILES string of the molecule is Cc1cnc(NCC(F)(F)c2ccncc2)c(=O)n1CC(=O)NCC(F)(F)c1ccccn1. The topological polar surface area (TPSA) is 102 Å². The highest BCUT2D eigenvalue weighted by Crippen LogP contribution is 2.27. The van der Waals surface area contributed by atoms with Gasteiger partial charge in [0.1, 0.15) is 12.2 Å². The van der Waals surface area contributed by atoms with E-state index in [0.717, 1.165) is 22.8 Å². The number of anilines is 1. The van der Waals surface area contributed by atoms with E-state index in [2.05, 4.69) is 25.6 Å². The molecule has 12 heteroatoms. The number of hydrogen-bond donors (Lipinski definition) is 2. The molecule has 0 aromatic carbocycles. The standard InChI is InChI=1S/C21H20F4N6O2/c1-14-10-28-18(30-12-20(22,23)15-5-8-26-9-6-15)19(33)31(14)11-17(32)29-13-21(24,25)16-4-2-3-7-27-16/h2-10H,11-13H2,1H3,(H,28,30)(H,29,32). The van der Waals surface area contributed by atoms with Gasteiger partial charge in [-0.05, 0) is 31.2 Å². The molecule has 3 heterocycles. The molecule has 0 unspecified atom stereocenters. The maximum atomic E-state index is 14.3. The number of carbonyl (C=O) groups is 1. The number of hydrogen-bond acceptors (Lipinski definition) is 6. The van der Waals surface area contributed by atoms with E-state index in [1.807, 2.05) is 0 Å². The summed E-state index contributed by atoms with van der Waals surface area (Å²) in [5.74, 6) is -8.00. The van der Waals surface area contributed by atoms with E-state index in [-0.39, 0.29) is 11.3 Å². The number of nitrogens with zero attached hydrogens (tertiary/aromatic N) is 4. The fourth-order valence-electron chi connectivity index (χ4n) is 2.86. The zero-order valence-corrected chi connectivity index (χ0v) is 17.4. The van der Waals surface area contributed by atoms with Gasteiger partial charge < -0.3 is 10.6 Å². The van der Waals surface area contributed by atoms with Crippen molar-refractivity contribution in [2.45, 2.75) is 25.3 Å². The summed E-state index contributed by atoms with van der Waals surface area (Å²) in [6, 6.07) is 6.30.